The molecule has 5 nitrogen and oxygen atoms in total. The van der Waals surface area contributed by atoms with Gasteiger partial charge in [0.25, 0.3) is 0 Å². The Labute approximate surface area is 177 Å². The van der Waals surface area contributed by atoms with Crippen LogP contribution < -0.4 is 4.90 Å². The molecule has 0 N–H and O–H groups in total. The van der Waals surface area contributed by atoms with Gasteiger partial charge in [-0.15, -0.1) is 0 Å². The van der Waals surface area contributed by atoms with Crippen LogP contribution in [0, 0.1) is 0 Å². The predicted molar refractivity (Wildman–Crippen MR) is 121 cm³/mol. The zero-order valence-electron chi connectivity index (χ0n) is 16.9. The quantitative estimate of drug-likeness (QED) is 0.632. The number of hydrogen-bond donors (Lipinski definition) is 0. The number of nitrogens with zero attached hydrogens (tertiary/aromatic N) is 3. The monoisotopic (exact) mass is 419 g/mol. The number of aromatic nitrogens is 1. The summed E-state index contributed by atoms with van der Waals surface area (Å²) in [5.74, 6) is 0.931. The largest absolute Gasteiger partial charge is 0.353 e. The average molecular weight is 420 g/mol. The number of sulfonamides is 1. The number of benzene rings is 2. The van der Waals surface area contributed by atoms with Crippen molar-refractivity contribution in [3.63, 3.8) is 0 Å². The minimum absolute atomic E-state index is 0.361. The number of anilines is 1. The molecule has 0 atom stereocenters. The van der Waals surface area contributed by atoms with Crippen LogP contribution in [-0.4, -0.2) is 43.9 Å². The van der Waals surface area contributed by atoms with Gasteiger partial charge < -0.3 is 4.90 Å². The van der Waals surface area contributed by atoms with Gasteiger partial charge in [0.2, 0.25) is 10.0 Å². The Bertz CT molecular complexity index is 1200. The summed E-state index contributed by atoms with van der Waals surface area (Å²) in [5, 5.41) is 0.858. The molecule has 6 heteroatoms. The fraction of sp³-hybridized carbons (Fsp3) is 0.292. The Kier molecular flexibility index (Phi) is 5.05. The van der Waals surface area contributed by atoms with Gasteiger partial charge in [0, 0.05) is 31.6 Å². The normalized spacial score (nSPS) is 18.0. The highest BCUT2D eigenvalue weighted by Gasteiger charge is 2.27. The minimum atomic E-state index is -3.41. The minimum Gasteiger partial charge on any atom is -0.353 e. The van der Waals surface area contributed by atoms with E-state index >= 15 is 0 Å². The molecule has 2 aliphatic heterocycles. The lowest BCUT2D eigenvalue weighted by molar-refractivity contribution is 0.477. The smallest absolute Gasteiger partial charge is 0.243 e. The van der Waals surface area contributed by atoms with E-state index in [0.717, 1.165) is 49.1 Å². The van der Waals surface area contributed by atoms with Crippen molar-refractivity contribution in [3.05, 3.63) is 72.3 Å². The Morgan fingerprint density at radius 2 is 1.67 bits per heavy atom. The van der Waals surface area contributed by atoms with Crippen molar-refractivity contribution in [2.24, 2.45) is 0 Å². The first-order valence-electron chi connectivity index (χ1n) is 10.5. The Morgan fingerprint density at radius 3 is 2.40 bits per heavy atom. The maximum Gasteiger partial charge on any atom is 0.243 e. The summed E-state index contributed by atoms with van der Waals surface area (Å²) in [7, 11) is -3.41. The van der Waals surface area contributed by atoms with Crippen LogP contribution in [0.5, 0.6) is 0 Å². The van der Waals surface area contributed by atoms with Crippen LogP contribution in [-0.2, 0) is 10.0 Å². The van der Waals surface area contributed by atoms with Crippen molar-refractivity contribution in [3.8, 4) is 0 Å². The summed E-state index contributed by atoms with van der Waals surface area (Å²) < 4.78 is 27.2. The molecule has 3 aromatic rings. The molecular weight excluding hydrogens is 394 g/mol. The lowest BCUT2D eigenvalue weighted by atomic mass is 9.99. The summed E-state index contributed by atoms with van der Waals surface area (Å²) in [4.78, 5) is 7.43. The number of hydrogen-bond acceptors (Lipinski definition) is 4. The van der Waals surface area contributed by atoms with Crippen molar-refractivity contribution >= 4 is 32.3 Å². The van der Waals surface area contributed by atoms with Gasteiger partial charge in [-0.2, -0.15) is 4.31 Å². The second-order valence-electron chi connectivity index (χ2n) is 7.93. The van der Waals surface area contributed by atoms with E-state index in [1.54, 1.807) is 16.4 Å². The molecule has 0 bridgehead atoms. The van der Waals surface area contributed by atoms with Gasteiger partial charge in [0.15, 0.2) is 0 Å². The molecule has 1 saturated heterocycles. The predicted octanol–water partition coefficient (Wildman–Crippen LogP) is 4.31. The highest BCUT2D eigenvalue weighted by molar-refractivity contribution is 7.89. The van der Waals surface area contributed by atoms with Crippen molar-refractivity contribution < 1.29 is 8.42 Å². The number of fused-ring (bicyclic) bond motifs is 1. The fourth-order valence-electron chi connectivity index (χ4n) is 4.30. The average Bonchev–Trinajstić information content (AvgIpc) is 3.35. The summed E-state index contributed by atoms with van der Waals surface area (Å²) in [5.41, 5.74) is 3.49. The molecule has 5 rings (SSSR count). The molecule has 154 valence electrons. The van der Waals surface area contributed by atoms with Crippen molar-refractivity contribution in [2.75, 3.05) is 31.1 Å². The molecule has 1 fully saturated rings. The van der Waals surface area contributed by atoms with Gasteiger partial charge in [-0.25, -0.2) is 13.4 Å². The van der Waals surface area contributed by atoms with Gasteiger partial charge in [0.05, 0.1) is 10.4 Å². The van der Waals surface area contributed by atoms with Crippen molar-refractivity contribution in [2.45, 2.75) is 24.2 Å². The third-order valence-electron chi connectivity index (χ3n) is 6.03. The van der Waals surface area contributed by atoms with Gasteiger partial charge in [-0.3, -0.25) is 0 Å². The zero-order chi connectivity index (χ0) is 20.6. The van der Waals surface area contributed by atoms with Crippen molar-refractivity contribution in [1.29, 1.82) is 0 Å². The second-order valence-corrected chi connectivity index (χ2v) is 9.86. The lowest BCUT2D eigenvalue weighted by Crippen LogP contribution is -2.29. The third-order valence-corrected chi connectivity index (χ3v) is 7.92. The van der Waals surface area contributed by atoms with Gasteiger partial charge in [-0.05, 0) is 60.7 Å². The molecule has 0 aliphatic carbocycles. The van der Waals surface area contributed by atoms with Gasteiger partial charge in [-0.1, -0.05) is 36.4 Å². The SMILES string of the molecule is O=S(=O)(c1ccc2nc(N3CC=C(c4ccccc4)CC3)ccc2c1)N1CCCC1. The Hall–Kier alpha value is -2.70. The van der Waals surface area contributed by atoms with Gasteiger partial charge >= 0.3 is 0 Å². The summed E-state index contributed by atoms with van der Waals surface area (Å²) in [6, 6.07) is 19.8. The lowest BCUT2D eigenvalue weighted by Gasteiger charge is -2.28. The molecule has 2 aromatic carbocycles. The summed E-state index contributed by atoms with van der Waals surface area (Å²) in [6.45, 7) is 2.97. The van der Waals surface area contributed by atoms with Crippen LogP contribution in [0.1, 0.15) is 24.8 Å². The molecule has 0 amide bonds. The first kappa shape index (κ1) is 19.3. The maximum absolute atomic E-state index is 12.8. The van der Waals surface area contributed by atoms with E-state index in [4.69, 9.17) is 4.98 Å². The molecule has 0 unspecified atom stereocenters. The Balaban J connectivity index is 1.38. The molecule has 0 spiro atoms. The zero-order valence-corrected chi connectivity index (χ0v) is 17.7. The highest BCUT2D eigenvalue weighted by atomic mass is 32.2. The van der Waals surface area contributed by atoms with E-state index in [1.807, 2.05) is 24.3 Å². The van der Waals surface area contributed by atoms with Gasteiger partial charge in [0.1, 0.15) is 5.82 Å². The molecular formula is C24H25N3O2S. The van der Waals surface area contributed by atoms with Crippen LogP contribution in [0.25, 0.3) is 16.5 Å². The van der Waals surface area contributed by atoms with E-state index < -0.39 is 10.0 Å². The second kappa shape index (κ2) is 7.85. The van der Waals surface area contributed by atoms with Crippen LogP contribution in [0.4, 0.5) is 5.82 Å². The standard InChI is InChI=1S/C24H25N3O2S/c28-30(29,27-14-4-5-15-27)22-9-10-23-21(18-22)8-11-24(25-23)26-16-12-20(13-17-26)19-6-2-1-3-7-19/h1-3,6-12,18H,4-5,13-17H2. The maximum atomic E-state index is 12.8. The van der Waals surface area contributed by atoms with E-state index in [0.29, 0.717) is 18.0 Å². The van der Waals surface area contributed by atoms with E-state index in [-0.39, 0.29) is 0 Å². The first-order chi connectivity index (χ1) is 14.6. The highest BCUT2D eigenvalue weighted by Crippen LogP contribution is 2.28. The molecule has 3 heterocycles. The van der Waals surface area contributed by atoms with Crippen LogP contribution >= 0.6 is 0 Å². The summed E-state index contributed by atoms with van der Waals surface area (Å²) in [6.07, 6.45) is 5.13. The first-order valence-corrected chi connectivity index (χ1v) is 12.0. The fourth-order valence-corrected chi connectivity index (χ4v) is 5.85. The van der Waals surface area contributed by atoms with E-state index in [9.17, 15) is 8.42 Å². The Morgan fingerprint density at radius 1 is 0.867 bits per heavy atom. The van der Waals surface area contributed by atoms with E-state index in [1.165, 1.54) is 11.1 Å². The molecule has 30 heavy (non-hydrogen) atoms. The third kappa shape index (κ3) is 3.61. The number of rotatable bonds is 4. The summed E-state index contributed by atoms with van der Waals surface area (Å²) >= 11 is 0. The molecule has 1 aromatic heterocycles. The topological polar surface area (TPSA) is 53.5 Å². The molecule has 0 saturated carbocycles. The number of pyridine rings is 1. The van der Waals surface area contributed by atoms with Crippen LogP contribution in [0.3, 0.4) is 0 Å². The van der Waals surface area contributed by atoms with E-state index in [2.05, 4.69) is 35.2 Å². The van der Waals surface area contributed by atoms with Crippen LogP contribution in [0.2, 0.25) is 0 Å². The van der Waals surface area contributed by atoms with Crippen molar-refractivity contribution in [1.82, 2.24) is 9.29 Å². The molecule has 2 aliphatic rings. The molecule has 0 radical (unpaired) electrons. The van der Waals surface area contributed by atoms with Crippen LogP contribution in [0.15, 0.2) is 71.6 Å².